The summed E-state index contributed by atoms with van der Waals surface area (Å²) in [7, 11) is 0. The van der Waals surface area contributed by atoms with Crippen LogP contribution in [-0.4, -0.2) is 15.8 Å². The van der Waals surface area contributed by atoms with E-state index >= 15 is 0 Å². The van der Waals surface area contributed by atoms with Gasteiger partial charge in [0.1, 0.15) is 0 Å². The van der Waals surface area contributed by atoms with Crippen LogP contribution in [0.25, 0.3) is 22.2 Å². The molecule has 0 aliphatic carbocycles. The van der Waals surface area contributed by atoms with Gasteiger partial charge in [0.15, 0.2) is 0 Å². The predicted molar refractivity (Wildman–Crippen MR) is 111 cm³/mol. The van der Waals surface area contributed by atoms with Gasteiger partial charge < -0.3 is 4.57 Å². The summed E-state index contributed by atoms with van der Waals surface area (Å²) in [5, 5.41) is 9.04. The molecule has 1 N–H and O–H groups in total. The maximum atomic E-state index is 5.93. The van der Waals surface area contributed by atoms with Crippen LogP contribution in [0.2, 0.25) is 5.02 Å². The first-order valence-electron chi connectivity index (χ1n) is 8.33. The van der Waals surface area contributed by atoms with Gasteiger partial charge in [0.05, 0.1) is 11.9 Å². The molecule has 0 spiro atoms. The van der Waals surface area contributed by atoms with E-state index in [4.69, 9.17) is 11.6 Å². The largest absolute Gasteiger partial charge is 0.347 e. The highest BCUT2D eigenvalue weighted by Crippen LogP contribution is 2.26. The molecule has 0 aliphatic rings. The minimum Gasteiger partial charge on any atom is -0.347 e. The molecule has 0 saturated heterocycles. The molecule has 4 aromatic rings. The van der Waals surface area contributed by atoms with E-state index in [9.17, 15) is 0 Å². The molecule has 0 bridgehead atoms. The summed E-state index contributed by atoms with van der Waals surface area (Å²) < 4.78 is 2.22. The lowest BCUT2D eigenvalue weighted by Gasteiger charge is -1.97. The van der Waals surface area contributed by atoms with Crippen molar-refractivity contribution in [3.8, 4) is 11.3 Å². The van der Waals surface area contributed by atoms with Crippen molar-refractivity contribution in [2.45, 2.75) is 13.5 Å². The van der Waals surface area contributed by atoms with Gasteiger partial charge in [0, 0.05) is 45.2 Å². The fourth-order valence-corrected chi connectivity index (χ4v) is 3.67. The zero-order valence-corrected chi connectivity index (χ0v) is 15.8. The monoisotopic (exact) mass is 380 g/mol. The van der Waals surface area contributed by atoms with E-state index < -0.39 is 0 Å². The van der Waals surface area contributed by atoms with Crippen LogP contribution in [0.3, 0.4) is 0 Å². The van der Waals surface area contributed by atoms with Crippen LogP contribution >= 0.6 is 22.9 Å². The molecule has 4 rings (SSSR count). The SMILES string of the molecule is CCn1cc(/C=N\Nc2nc(-c3ccc(Cl)cc3)cs2)c2ccccc21. The van der Waals surface area contributed by atoms with Crippen LogP contribution in [0.5, 0.6) is 0 Å². The van der Waals surface area contributed by atoms with Crippen molar-refractivity contribution in [3.05, 3.63) is 70.7 Å². The van der Waals surface area contributed by atoms with Crippen molar-refractivity contribution in [2.75, 3.05) is 5.43 Å². The summed E-state index contributed by atoms with van der Waals surface area (Å²) in [6.07, 6.45) is 3.97. The Labute approximate surface area is 160 Å². The molecule has 2 aromatic heterocycles. The minimum absolute atomic E-state index is 0.721. The van der Waals surface area contributed by atoms with E-state index in [1.54, 1.807) is 0 Å². The van der Waals surface area contributed by atoms with E-state index in [0.29, 0.717) is 0 Å². The third-order valence-corrected chi connectivity index (χ3v) is 5.17. The predicted octanol–water partition coefficient (Wildman–Crippen LogP) is 5.88. The zero-order chi connectivity index (χ0) is 17.9. The molecule has 0 unspecified atom stereocenters. The Morgan fingerprint density at radius 2 is 2.00 bits per heavy atom. The van der Waals surface area contributed by atoms with Gasteiger partial charge in [-0.05, 0) is 25.1 Å². The second kappa shape index (κ2) is 7.32. The second-order valence-electron chi connectivity index (χ2n) is 5.80. The second-order valence-corrected chi connectivity index (χ2v) is 7.10. The number of hydrazone groups is 1. The number of rotatable bonds is 5. The van der Waals surface area contributed by atoms with Crippen molar-refractivity contribution >= 4 is 45.2 Å². The number of nitrogens with zero attached hydrogens (tertiary/aromatic N) is 3. The Hall–Kier alpha value is -2.63. The summed E-state index contributed by atoms with van der Waals surface area (Å²) in [6.45, 7) is 3.07. The molecule has 4 nitrogen and oxygen atoms in total. The normalized spacial score (nSPS) is 11.5. The van der Waals surface area contributed by atoms with E-state index in [1.165, 1.54) is 22.2 Å². The van der Waals surface area contributed by atoms with Crippen LogP contribution in [-0.2, 0) is 6.54 Å². The molecule has 2 aromatic carbocycles. The molecule has 0 radical (unpaired) electrons. The highest BCUT2D eigenvalue weighted by atomic mass is 35.5. The average Bonchev–Trinajstić information content (AvgIpc) is 3.28. The van der Waals surface area contributed by atoms with Gasteiger partial charge in [-0.1, -0.05) is 41.9 Å². The minimum atomic E-state index is 0.721. The van der Waals surface area contributed by atoms with Gasteiger partial charge in [0.2, 0.25) is 5.13 Å². The zero-order valence-electron chi connectivity index (χ0n) is 14.2. The smallest absolute Gasteiger partial charge is 0.203 e. The number of thiazole rings is 1. The molecule has 0 saturated carbocycles. The Kier molecular flexibility index (Phi) is 4.73. The third-order valence-electron chi connectivity index (χ3n) is 4.17. The fourth-order valence-electron chi connectivity index (χ4n) is 2.88. The number of nitrogens with one attached hydrogen (secondary N) is 1. The van der Waals surface area contributed by atoms with Crippen molar-refractivity contribution in [1.29, 1.82) is 0 Å². The lowest BCUT2D eigenvalue weighted by molar-refractivity contribution is 0.797. The molecule has 0 atom stereocenters. The summed E-state index contributed by atoms with van der Waals surface area (Å²) in [5.41, 5.74) is 7.28. The molecule has 0 fully saturated rings. The van der Waals surface area contributed by atoms with Gasteiger partial charge in [0.25, 0.3) is 0 Å². The van der Waals surface area contributed by atoms with Crippen LogP contribution in [0.1, 0.15) is 12.5 Å². The molecule has 26 heavy (non-hydrogen) atoms. The summed E-state index contributed by atoms with van der Waals surface area (Å²) in [5.74, 6) is 0. The third kappa shape index (κ3) is 3.36. The van der Waals surface area contributed by atoms with Gasteiger partial charge in [-0.3, -0.25) is 5.43 Å². The molecule has 2 heterocycles. The Morgan fingerprint density at radius 3 is 2.81 bits per heavy atom. The Balaban J connectivity index is 1.52. The van der Waals surface area contributed by atoms with Crippen LogP contribution in [0.15, 0.2) is 65.2 Å². The standard InChI is InChI=1S/C20H17ClN4S/c1-2-25-12-15(17-5-3-4-6-19(17)25)11-22-24-20-23-18(13-26-20)14-7-9-16(21)10-8-14/h3-13H,2H2,1H3,(H,23,24)/b22-11-. The number of halogens is 1. The number of aryl methyl sites for hydroxylation is 1. The number of anilines is 1. The number of hydrogen-bond acceptors (Lipinski definition) is 4. The highest BCUT2D eigenvalue weighted by Gasteiger charge is 2.06. The van der Waals surface area contributed by atoms with Crippen molar-refractivity contribution in [1.82, 2.24) is 9.55 Å². The van der Waals surface area contributed by atoms with Gasteiger partial charge in [-0.25, -0.2) is 4.98 Å². The highest BCUT2D eigenvalue weighted by molar-refractivity contribution is 7.14. The molecule has 6 heteroatoms. The van der Waals surface area contributed by atoms with Crippen molar-refractivity contribution < 1.29 is 0 Å². The maximum Gasteiger partial charge on any atom is 0.203 e. The van der Waals surface area contributed by atoms with Crippen LogP contribution in [0, 0.1) is 0 Å². The van der Waals surface area contributed by atoms with Gasteiger partial charge in [-0.15, -0.1) is 11.3 Å². The Morgan fingerprint density at radius 1 is 1.19 bits per heavy atom. The lowest BCUT2D eigenvalue weighted by atomic mass is 10.2. The van der Waals surface area contributed by atoms with E-state index in [2.05, 4.69) is 51.4 Å². The number of aromatic nitrogens is 2. The molecule has 0 amide bonds. The van der Waals surface area contributed by atoms with Crippen molar-refractivity contribution in [2.24, 2.45) is 5.10 Å². The maximum absolute atomic E-state index is 5.93. The van der Waals surface area contributed by atoms with Crippen LogP contribution in [0.4, 0.5) is 5.13 Å². The van der Waals surface area contributed by atoms with Gasteiger partial charge >= 0.3 is 0 Å². The topological polar surface area (TPSA) is 42.2 Å². The van der Waals surface area contributed by atoms with Gasteiger partial charge in [-0.2, -0.15) is 5.10 Å². The van der Waals surface area contributed by atoms with E-state index in [-0.39, 0.29) is 0 Å². The number of benzene rings is 2. The number of fused-ring (bicyclic) bond motifs is 1. The first-order chi connectivity index (χ1) is 12.7. The van der Waals surface area contributed by atoms with Crippen molar-refractivity contribution in [3.63, 3.8) is 0 Å². The number of para-hydroxylation sites is 1. The first kappa shape index (κ1) is 16.8. The van der Waals surface area contributed by atoms with Crippen LogP contribution < -0.4 is 5.43 Å². The first-order valence-corrected chi connectivity index (χ1v) is 9.59. The molecule has 130 valence electrons. The number of hydrogen-bond donors (Lipinski definition) is 1. The molecular formula is C20H17ClN4S. The molecular weight excluding hydrogens is 364 g/mol. The lowest BCUT2D eigenvalue weighted by Crippen LogP contribution is -1.91. The quantitative estimate of drug-likeness (QED) is 0.346. The van der Waals surface area contributed by atoms with E-state index in [1.807, 2.05) is 41.9 Å². The molecule has 0 aliphatic heterocycles. The summed E-state index contributed by atoms with van der Waals surface area (Å²) >= 11 is 7.46. The average molecular weight is 381 g/mol. The van der Waals surface area contributed by atoms with E-state index in [0.717, 1.165) is 33.5 Å². The fraction of sp³-hybridized carbons (Fsp3) is 0.100. The summed E-state index contributed by atoms with van der Waals surface area (Å²) in [6, 6.07) is 16.0. The Bertz CT molecular complexity index is 1060. The summed E-state index contributed by atoms with van der Waals surface area (Å²) in [4.78, 5) is 4.57.